The molecule has 4 heteroatoms. The van der Waals surface area contributed by atoms with E-state index in [0.29, 0.717) is 6.54 Å². The average molecular weight is 211 g/mol. The van der Waals surface area contributed by atoms with Crippen LogP contribution in [0.3, 0.4) is 0 Å². The van der Waals surface area contributed by atoms with E-state index in [-0.39, 0.29) is 6.10 Å². The van der Waals surface area contributed by atoms with Crippen LogP contribution in [-0.4, -0.2) is 17.2 Å². The number of aryl methyl sites for hydroxylation is 1. The Morgan fingerprint density at radius 2 is 2.36 bits per heavy atom. The summed E-state index contributed by atoms with van der Waals surface area (Å²) in [6.07, 6.45) is 0.0383. The molecule has 1 aliphatic heterocycles. The molecule has 1 fully saturated rings. The van der Waals surface area contributed by atoms with E-state index in [9.17, 15) is 4.55 Å². The molecule has 0 aliphatic carbocycles. The Morgan fingerprint density at radius 1 is 1.57 bits per heavy atom. The molecule has 1 saturated heterocycles. The highest BCUT2D eigenvalue weighted by Gasteiger charge is 2.35. The first kappa shape index (κ1) is 9.83. The molecule has 0 saturated carbocycles. The molecule has 1 aromatic carbocycles. The lowest BCUT2D eigenvalue weighted by Crippen LogP contribution is -2.25. The highest BCUT2D eigenvalue weighted by Crippen LogP contribution is 2.26. The topological polar surface area (TPSA) is 35.5 Å². The van der Waals surface area contributed by atoms with Crippen LogP contribution >= 0.6 is 0 Å². The van der Waals surface area contributed by atoms with E-state index in [4.69, 9.17) is 4.18 Å². The van der Waals surface area contributed by atoms with Gasteiger partial charge in [0, 0.05) is 0 Å². The predicted octanol–water partition coefficient (Wildman–Crippen LogP) is 1.80. The first-order valence-corrected chi connectivity index (χ1v) is 5.63. The third-order valence-electron chi connectivity index (χ3n) is 2.14. The zero-order valence-corrected chi connectivity index (χ0v) is 9.08. The number of anilines is 1. The minimum Gasteiger partial charge on any atom is -0.560 e. The average Bonchev–Trinajstić information content (AvgIpc) is 2.45. The Hall–Kier alpha value is -0.710. The number of benzene rings is 1. The molecule has 0 radical (unpaired) electrons. The van der Waals surface area contributed by atoms with Crippen molar-refractivity contribution in [3.05, 3.63) is 29.8 Å². The first-order chi connectivity index (χ1) is 6.66. The van der Waals surface area contributed by atoms with Gasteiger partial charge in [0.1, 0.15) is 6.10 Å². The van der Waals surface area contributed by atoms with E-state index in [2.05, 4.69) is 0 Å². The van der Waals surface area contributed by atoms with E-state index in [0.717, 1.165) is 5.69 Å². The van der Waals surface area contributed by atoms with Crippen LogP contribution in [-0.2, 0) is 15.8 Å². The summed E-state index contributed by atoms with van der Waals surface area (Å²) < 4.78 is 18.5. The smallest absolute Gasteiger partial charge is 0.246 e. The molecule has 2 atom stereocenters. The highest BCUT2D eigenvalue weighted by molar-refractivity contribution is 7.88. The maximum Gasteiger partial charge on any atom is 0.246 e. The lowest BCUT2D eigenvalue weighted by atomic mass is 10.2. The van der Waals surface area contributed by atoms with Gasteiger partial charge in [0.2, 0.25) is 11.6 Å². The molecule has 2 rings (SSSR count). The molecule has 0 N–H and O–H groups in total. The van der Waals surface area contributed by atoms with Gasteiger partial charge in [-0.15, -0.1) is 4.18 Å². The molecule has 0 bridgehead atoms. The van der Waals surface area contributed by atoms with Crippen molar-refractivity contribution in [2.75, 3.05) is 10.8 Å². The van der Waals surface area contributed by atoms with Crippen molar-refractivity contribution in [3.8, 4) is 0 Å². The number of nitrogens with zero attached hydrogens (tertiary/aromatic N) is 1. The van der Waals surface area contributed by atoms with E-state index in [1.165, 1.54) is 5.56 Å². The minimum absolute atomic E-state index is 0.0383. The summed E-state index contributed by atoms with van der Waals surface area (Å²) in [6, 6.07) is 7.95. The predicted molar refractivity (Wildman–Crippen MR) is 57.2 cm³/mol. The van der Waals surface area contributed by atoms with Crippen molar-refractivity contribution in [3.63, 3.8) is 0 Å². The van der Waals surface area contributed by atoms with E-state index < -0.39 is 11.6 Å². The van der Waals surface area contributed by atoms with Gasteiger partial charge in [-0.1, -0.05) is 12.1 Å². The van der Waals surface area contributed by atoms with Crippen molar-refractivity contribution in [1.82, 2.24) is 0 Å². The molecule has 1 aromatic rings. The van der Waals surface area contributed by atoms with Gasteiger partial charge in [-0.3, -0.25) is 0 Å². The molecule has 14 heavy (non-hydrogen) atoms. The van der Waals surface area contributed by atoms with Crippen LogP contribution in [0.1, 0.15) is 12.5 Å². The van der Waals surface area contributed by atoms with Crippen molar-refractivity contribution >= 4 is 17.3 Å². The molecule has 1 unspecified atom stereocenters. The Morgan fingerprint density at radius 3 is 2.93 bits per heavy atom. The Balaban J connectivity index is 2.23. The van der Waals surface area contributed by atoms with Gasteiger partial charge in [0.25, 0.3) is 0 Å². The third-order valence-corrected chi connectivity index (χ3v) is 3.35. The lowest BCUT2D eigenvalue weighted by molar-refractivity contribution is 0.269. The third kappa shape index (κ3) is 1.87. The van der Waals surface area contributed by atoms with Crippen molar-refractivity contribution < 1.29 is 8.74 Å². The van der Waals surface area contributed by atoms with E-state index in [1.807, 2.05) is 38.1 Å². The van der Waals surface area contributed by atoms with Gasteiger partial charge < -0.3 is 4.55 Å². The summed E-state index contributed by atoms with van der Waals surface area (Å²) in [5.41, 5.74) is 2.13. The van der Waals surface area contributed by atoms with E-state index >= 15 is 0 Å². The molecule has 0 aromatic heterocycles. The lowest BCUT2D eigenvalue weighted by Gasteiger charge is -2.14. The fourth-order valence-electron chi connectivity index (χ4n) is 1.49. The van der Waals surface area contributed by atoms with Gasteiger partial charge >= 0.3 is 0 Å². The SMILES string of the molecule is Cc1cccc(N2C[C@@H](C)O[S+]2[O-])c1. The van der Waals surface area contributed by atoms with Crippen LogP contribution in [0.25, 0.3) is 0 Å². The van der Waals surface area contributed by atoms with Gasteiger partial charge in [-0.2, -0.15) is 4.31 Å². The monoisotopic (exact) mass is 211 g/mol. The van der Waals surface area contributed by atoms with Gasteiger partial charge in [0.05, 0.1) is 12.2 Å². The van der Waals surface area contributed by atoms with E-state index in [1.54, 1.807) is 4.31 Å². The van der Waals surface area contributed by atoms with Crippen molar-refractivity contribution in [2.24, 2.45) is 0 Å². The summed E-state index contributed by atoms with van der Waals surface area (Å²) in [6.45, 7) is 4.64. The maximum absolute atomic E-state index is 11.5. The Bertz CT molecular complexity index is 332. The van der Waals surface area contributed by atoms with Crippen LogP contribution in [0.4, 0.5) is 5.69 Å². The summed E-state index contributed by atoms with van der Waals surface area (Å²) in [4.78, 5) is 0. The maximum atomic E-state index is 11.5. The van der Waals surface area contributed by atoms with Crippen LogP contribution in [0, 0.1) is 6.92 Å². The minimum atomic E-state index is -1.32. The summed E-state index contributed by atoms with van der Waals surface area (Å²) >= 11 is -1.32. The van der Waals surface area contributed by atoms with Crippen molar-refractivity contribution in [2.45, 2.75) is 20.0 Å². The van der Waals surface area contributed by atoms with Gasteiger partial charge in [-0.05, 0) is 31.5 Å². The standard InChI is InChI=1S/C10H13NO2S/c1-8-4-3-5-10(6-8)11-7-9(2)13-14(11)12/h3-6,9H,7H2,1-2H3/t9-,14?/m1/s1. The molecule has 0 amide bonds. The highest BCUT2D eigenvalue weighted by atomic mass is 32.2. The molecule has 1 aliphatic rings. The second-order valence-corrected chi connectivity index (χ2v) is 4.59. The number of hydrogen-bond donors (Lipinski definition) is 0. The molecular formula is C10H13NO2S. The van der Waals surface area contributed by atoms with Gasteiger partial charge in [0.15, 0.2) is 0 Å². The fourth-order valence-corrected chi connectivity index (χ4v) is 2.55. The summed E-state index contributed by atoms with van der Waals surface area (Å²) in [7, 11) is 0. The zero-order valence-electron chi connectivity index (χ0n) is 8.27. The summed E-state index contributed by atoms with van der Waals surface area (Å²) in [5.74, 6) is 0. The van der Waals surface area contributed by atoms with Crippen LogP contribution in [0.2, 0.25) is 0 Å². The normalized spacial score (nSPS) is 26.9. The number of rotatable bonds is 1. The first-order valence-electron chi connectivity index (χ1n) is 4.60. The van der Waals surface area contributed by atoms with Crippen LogP contribution in [0.15, 0.2) is 24.3 Å². The second kappa shape index (κ2) is 3.81. The molecule has 3 nitrogen and oxygen atoms in total. The number of hydrogen-bond acceptors (Lipinski definition) is 3. The quantitative estimate of drug-likeness (QED) is 0.664. The van der Waals surface area contributed by atoms with Crippen LogP contribution < -0.4 is 4.31 Å². The molecule has 1 heterocycles. The molecular weight excluding hydrogens is 198 g/mol. The zero-order chi connectivity index (χ0) is 10.1. The largest absolute Gasteiger partial charge is 0.560 e. The Labute approximate surface area is 87.2 Å². The van der Waals surface area contributed by atoms with Crippen molar-refractivity contribution in [1.29, 1.82) is 0 Å². The Kier molecular flexibility index (Phi) is 2.67. The van der Waals surface area contributed by atoms with Gasteiger partial charge in [-0.25, -0.2) is 0 Å². The molecule has 0 spiro atoms. The molecule has 76 valence electrons. The summed E-state index contributed by atoms with van der Waals surface area (Å²) in [5, 5.41) is 0. The van der Waals surface area contributed by atoms with Crippen LogP contribution in [0.5, 0.6) is 0 Å². The second-order valence-electron chi connectivity index (χ2n) is 3.52. The fraction of sp³-hybridized carbons (Fsp3) is 0.400.